The molecule has 0 heterocycles. The van der Waals surface area contributed by atoms with Crippen molar-refractivity contribution in [2.75, 3.05) is 5.32 Å². The summed E-state index contributed by atoms with van der Waals surface area (Å²) in [6, 6.07) is 2.14. The number of benzene rings is 1. The zero-order chi connectivity index (χ0) is 16.4. The number of anilines is 1. The van der Waals surface area contributed by atoms with E-state index in [0.717, 1.165) is 0 Å². The molecule has 1 aromatic carbocycles. The minimum absolute atomic E-state index is 0.0469. The maximum Gasteiger partial charge on any atom is 0.335 e. The molecule has 0 fully saturated rings. The van der Waals surface area contributed by atoms with Crippen LogP contribution in [0.1, 0.15) is 37.6 Å². The van der Waals surface area contributed by atoms with E-state index in [0.29, 0.717) is 0 Å². The lowest BCUT2D eigenvalue weighted by atomic mass is 9.85. The number of amides is 1. The van der Waals surface area contributed by atoms with E-state index in [9.17, 15) is 9.59 Å². The predicted octanol–water partition coefficient (Wildman–Crippen LogP) is 3.39. The number of rotatable bonds is 4. The van der Waals surface area contributed by atoms with Crippen LogP contribution in [-0.2, 0) is 4.79 Å². The van der Waals surface area contributed by atoms with E-state index in [-0.39, 0.29) is 45.1 Å². The van der Waals surface area contributed by atoms with Gasteiger partial charge in [-0.3, -0.25) is 4.79 Å². The van der Waals surface area contributed by atoms with Crippen LogP contribution in [0.5, 0.6) is 0 Å². The van der Waals surface area contributed by atoms with Crippen LogP contribution in [0, 0.1) is 5.41 Å². The first-order valence-electron chi connectivity index (χ1n) is 6.30. The average Bonchev–Trinajstić information content (AvgIpc) is 2.32. The Labute approximate surface area is 133 Å². The number of nitrogens with one attached hydrogen (secondary N) is 1. The van der Waals surface area contributed by atoms with Gasteiger partial charge in [-0.1, -0.05) is 44.0 Å². The molecule has 0 spiro atoms. The maximum atomic E-state index is 12.0. The van der Waals surface area contributed by atoms with Crippen LogP contribution < -0.4 is 11.1 Å². The zero-order valence-corrected chi connectivity index (χ0v) is 13.5. The Hall–Kier alpha value is -1.30. The second kappa shape index (κ2) is 6.64. The molecule has 1 unspecified atom stereocenters. The first-order chi connectivity index (χ1) is 9.52. The van der Waals surface area contributed by atoms with Gasteiger partial charge in [-0.15, -0.1) is 0 Å². The number of hydrogen-bond acceptors (Lipinski definition) is 3. The van der Waals surface area contributed by atoms with Gasteiger partial charge in [0.2, 0.25) is 5.91 Å². The number of carbonyl (C=O) groups excluding carboxylic acids is 1. The molecule has 1 rings (SSSR count). The van der Waals surface area contributed by atoms with Crippen molar-refractivity contribution in [1.82, 2.24) is 0 Å². The smallest absolute Gasteiger partial charge is 0.335 e. The summed E-state index contributed by atoms with van der Waals surface area (Å²) in [5, 5.41) is 11.6. The summed E-state index contributed by atoms with van der Waals surface area (Å²) in [6.07, 6.45) is 0.108. The molecule has 0 aliphatic heterocycles. The molecule has 0 aliphatic rings. The van der Waals surface area contributed by atoms with Gasteiger partial charge in [0, 0.05) is 12.5 Å². The summed E-state index contributed by atoms with van der Waals surface area (Å²) >= 11 is 11.9. The predicted molar refractivity (Wildman–Crippen MR) is 84.1 cm³/mol. The van der Waals surface area contributed by atoms with Crippen molar-refractivity contribution in [2.45, 2.75) is 33.2 Å². The number of halogens is 2. The first-order valence-corrected chi connectivity index (χ1v) is 7.05. The summed E-state index contributed by atoms with van der Waals surface area (Å²) in [7, 11) is 0. The van der Waals surface area contributed by atoms with Crippen molar-refractivity contribution < 1.29 is 14.7 Å². The molecular formula is C14H18Cl2N2O3. The Bertz CT molecular complexity index is 545. The van der Waals surface area contributed by atoms with E-state index >= 15 is 0 Å². The summed E-state index contributed by atoms with van der Waals surface area (Å²) in [5.41, 5.74) is 5.87. The minimum atomic E-state index is -1.15. The third-order valence-corrected chi connectivity index (χ3v) is 3.67. The Morgan fingerprint density at radius 3 is 2.14 bits per heavy atom. The van der Waals surface area contributed by atoms with Crippen molar-refractivity contribution >= 4 is 40.8 Å². The molecule has 21 heavy (non-hydrogen) atoms. The lowest BCUT2D eigenvalue weighted by Gasteiger charge is -2.26. The second-order valence-electron chi connectivity index (χ2n) is 5.84. The van der Waals surface area contributed by atoms with Gasteiger partial charge in [0.05, 0.1) is 21.3 Å². The Kier molecular flexibility index (Phi) is 5.61. The van der Waals surface area contributed by atoms with Crippen molar-refractivity contribution in [3.63, 3.8) is 0 Å². The fourth-order valence-corrected chi connectivity index (χ4v) is 2.09. The summed E-state index contributed by atoms with van der Waals surface area (Å²) in [4.78, 5) is 22.8. The van der Waals surface area contributed by atoms with E-state index < -0.39 is 5.97 Å². The van der Waals surface area contributed by atoms with Crippen LogP contribution >= 0.6 is 23.2 Å². The SMILES string of the molecule is CC(C)(C)C(N)CC(=O)Nc1c(Cl)cc(C(=O)O)cc1Cl. The summed E-state index contributed by atoms with van der Waals surface area (Å²) in [5.74, 6) is -1.48. The van der Waals surface area contributed by atoms with Gasteiger partial charge in [0.25, 0.3) is 0 Å². The highest BCUT2D eigenvalue weighted by molar-refractivity contribution is 6.40. The molecule has 0 saturated heterocycles. The third kappa shape index (κ3) is 4.88. The summed E-state index contributed by atoms with van der Waals surface area (Å²) in [6.45, 7) is 5.81. The fraction of sp³-hybridized carbons (Fsp3) is 0.429. The van der Waals surface area contributed by atoms with Gasteiger partial charge in [0.15, 0.2) is 0 Å². The molecular weight excluding hydrogens is 315 g/mol. The average molecular weight is 333 g/mol. The van der Waals surface area contributed by atoms with E-state index in [4.69, 9.17) is 34.0 Å². The molecule has 0 aromatic heterocycles. The van der Waals surface area contributed by atoms with Crippen LogP contribution in [0.4, 0.5) is 5.69 Å². The molecule has 116 valence electrons. The molecule has 0 aliphatic carbocycles. The summed E-state index contributed by atoms with van der Waals surface area (Å²) < 4.78 is 0. The number of hydrogen-bond donors (Lipinski definition) is 3. The number of carbonyl (C=O) groups is 2. The topological polar surface area (TPSA) is 92.4 Å². The van der Waals surface area contributed by atoms with Gasteiger partial charge in [0.1, 0.15) is 0 Å². The molecule has 1 aromatic rings. The number of carboxylic acid groups (broad SMARTS) is 1. The Morgan fingerprint density at radius 2 is 1.76 bits per heavy atom. The number of nitrogens with two attached hydrogens (primary N) is 1. The minimum Gasteiger partial charge on any atom is -0.478 e. The van der Waals surface area contributed by atoms with Gasteiger partial charge in [-0.05, 0) is 17.5 Å². The number of aromatic carboxylic acids is 1. The van der Waals surface area contributed by atoms with Crippen molar-refractivity contribution in [2.24, 2.45) is 11.1 Å². The van der Waals surface area contributed by atoms with E-state index in [1.165, 1.54) is 12.1 Å². The molecule has 7 heteroatoms. The molecule has 5 nitrogen and oxygen atoms in total. The highest BCUT2D eigenvalue weighted by atomic mass is 35.5. The Morgan fingerprint density at radius 1 is 1.29 bits per heavy atom. The van der Waals surface area contributed by atoms with Crippen molar-refractivity contribution in [3.05, 3.63) is 27.7 Å². The normalized spacial score (nSPS) is 12.9. The van der Waals surface area contributed by atoms with Crippen LogP contribution in [0.15, 0.2) is 12.1 Å². The van der Waals surface area contributed by atoms with Crippen LogP contribution in [0.3, 0.4) is 0 Å². The monoisotopic (exact) mass is 332 g/mol. The van der Waals surface area contributed by atoms with E-state index in [2.05, 4.69) is 5.32 Å². The molecule has 4 N–H and O–H groups in total. The molecule has 1 atom stereocenters. The fourth-order valence-electron chi connectivity index (χ4n) is 1.51. The third-order valence-electron chi connectivity index (χ3n) is 3.07. The van der Waals surface area contributed by atoms with Crippen molar-refractivity contribution in [3.8, 4) is 0 Å². The van der Waals surface area contributed by atoms with Crippen LogP contribution in [-0.4, -0.2) is 23.0 Å². The quantitative estimate of drug-likeness (QED) is 0.787. The standard InChI is InChI=1S/C14H18Cl2N2O3/c1-14(2,3)10(17)6-11(19)18-12-8(15)4-7(13(20)21)5-9(12)16/h4-5,10H,6,17H2,1-3H3,(H,18,19)(H,20,21). The largest absolute Gasteiger partial charge is 0.478 e. The zero-order valence-electron chi connectivity index (χ0n) is 12.0. The maximum absolute atomic E-state index is 12.0. The lowest BCUT2D eigenvalue weighted by molar-refractivity contribution is -0.117. The van der Waals surface area contributed by atoms with Gasteiger partial charge >= 0.3 is 5.97 Å². The molecule has 0 bridgehead atoms. The van der Waals surface area contributed by atoms with Gasteiger partial charge < -0.3 is 16.2 Å². The lowest BCUT2D eigenvalue weighted by Crippen LogP contribution is -2.38. The Balaban J connectivity index is 2.89. The highest BCUT2D eigenvalue weighted by Crippen LogP contribution is 2.32. The first kappa shape index (κ1) is 17.8. The molecule has 0 radical (unpaired) electrons. The van der Waals surface area contributed by atoms with Crippen LogP contribution in [0.2, 0.25) is 10.0 Å². The van der Waals surface area contributed by atoms with Crippen LogP contribution in [0.25, 0.3) is 0 Å². The highest BCUT2D eigenvalue weighted by Gasteiger charge is 2.24. The molecule has 0 saturated carbocycles. The van der Waals surface area contributed by atoms with Crippen molar-refractivity contribution in [1.29, 1.82) is 0 Å². The van der Waals surface area contributed by atoms with Gasteiger partial charge in [-0.2, -0.15) is 0 Å². The number of carboxylic acids is 1. The van der Waals surface area contributed by atoms with E-state index in [1.807, 2.05) is 20.8 Å². The molecule has 1 amide bonds. The second-order valence-corrected chi connectivity index (χ2v) is 6.66. The van der Waals surface area contributed by atoms with Gasteiger partial charge in [-0.25, -0.2) is 4.79 Å². The van der Waals surface area contributed by atoms with E-state index in [1.54, 1.807) is 0 Å².